The second kappa shape index (κ2) is 8.82. The van der Waals surface area contributed by atoms with Gasteiger partial charge in [-0.3, -0.25) is 4.79 Å². The van der Waals surface area contributed by atoms with Gasteiger partial charge in [-0.15, -0.1) is 0 Å². The Balaban J connectivity index is 1.78. The van der Waals surface area contributed by atoms with Crippen LogP contribution in [0, 0.1) is 11.3 Å². The number of hydrogen-bond acceptors (Lipinski definition) is 4. The molecule has 1 amide bonds. The second-order valence-electron chi connectivity index (χ2n) is 5.53. The van der Waals surface area contributed by atoms with E-state index in [1.165, 1.54) is 4.90 Å². The molecule has 0 fully saturated rings. The van der Waals surface area contributed by atoms with Gasteiger partial charge in [-0.1, -0.05) is 30.3 Å². The highest BCUT2D eigenvalue weighted by Crippen LogP contribution is 2.07. The van der Waals surface area contributed by atoms with Crippen molar-refractivity contribution in [1.82, 2.24) is 4.90 Å². The van der Waals surface area contributed by atoms with E-state index in [2.05, 4.69) is 0 Å². The summed E-state index contributed by atoms with van der Waals surface area (Å²) in [5.74, 6) is -0.207. The van der Waals surface area contributed by atoms with Crippen LogP contribution >= 0.6 is 0 Å². The minimum atomic E-state index is -0.763. The largest absolute Gasteiger partial charge is 0.389 e. The maximum Gasteiger partial charge on any atom is 0.253 e. The van der Waals surface area contributed by atoms with Crippen molar-refractivity contribution in [2.45, 2.75) is 12.7 Å². The SMILES string of the molecule is CN(CC(O)COCc1ccccc1)C(=O)c1ccc(C#N)cc1. The van der Waals surface area contributed by atoms with E-state index in [1.807, 2.05) is 36.4 Å². The molecule has 1 N–H and O–H groups in total. The summed E-state index contributed by atoms with van der Waals surface area (Å²) in [7, 11) is 1.63. The molecule has 0 saturated heterocycles. The molecule has 0 heterocycles. The molecule has 0 aliphatic carbocycles. The fraction of sp³-hybridized carbons (Fsp3) is 0.263. The lowest BCUT2D eigenvalue weighted by Crippen LogP contribution is -2.36. The summed E-state index contributed by atoms with van der Waals surface area (Å²) < 4.78 is 5.47. The van der Waals surface area contributed by atoms with Crippen molar-refractivity contribution in [3.8, 4) is 6.07 Å². The molecule has 0 aliphatic rings. The molecule has 0 saturated carbocycles. The molecule has 2 aromatic rings. The molecule has 1 unspecified atom stereocenters. The van der Waals surface area contributed by atoms with E-state index >= 15 is 0 Å². The Morgan fingerprint density at radius 3 is 2.50 bits per heavy atom. The molecule has 0 radical (unpaired) electrons. The number of hydrogen-bond donors (Lipinski definition) is 1. The smallest absolute Gasteiger partial charge is 0.253 e. The third-order valence-corrected chi connectivity index (χ3v) is 3.51. The number of amides is 1. The summed E-state index contributed by atoms with van der Waals surface area (Å²) >= 11 is 0. The van der Waals surface area contributed by atoms with Crippen molar-refractivity contribution in [3.63, 3.8) is 0 Å². The first-order chi connectivity index (χ1) is 11.6. The van der Waals surface area contributed by atoms with E-state index in [9.17, 15) is 9.90 Å². The molecule has 2 aromatic carbocycles. The lowest BCUT2D eigenvalue weighted by Gasteiger charge is -2.21. The van der Waals surface area contributed by atoms with Crippen molar-refractivity contribution in [2.75, 3.05) is 20.2 Å². The summed E-state index contributed by atoms with van der Waals surface area (Å²) in [6, 6.07) is 18.1. The number of nitriles is 1. The van der Waals surface area contributed by atoms with Crippen molar-refractivity contribution < 1.29 is 14.6 Å². The van der Waals surface area contributed by atoms with E-state index in [1.54, 1.807) is 31.3 Å². The van der Waals surface area contributed by atoms with Crippen LogP contribution in [0.15, 0.2) is 54.6 Å². The fourth-order valence-corrected chi connectivity index (χ4v) is 2.25. The van der Waals surface area contributed by atoms with Gasteiger partial charge in [0.2, 0.25) is 0 Å². The lowest BCUT2D eigenvalue weighted by atomic mass is 10.1. The van der Waals surface area contributed by atoms with Gasteiger partial charge in [0.25, 0.3) is 5.91 Å². The predicted molar refractivity (Wildman–Crippen MR) is 90.2 cm³/mol. The molecule has 1 atom stereocenters. The van der Waals surface area contributed by atoms with Crippen LogP contribution in [0.3, 0.4) is 0 Å². The Morgan fingerprint density at radius 1 is 1.21 bits per heavy atom. The average molecular weight is 324 g/mol. The highest BCUT2D eigenvalue weighted by Gasteiger charge is 2.15. The topological polar surface area (TPSA) is 73.6 Å². The minimum absolute atomic E-state index is 0.153. The van der Waals surface area contributed by atoms with Gasteiger partial charge in [-0.05, 0) is 29.8 Å². The van der Waals surface area contributed by atoms with E-state index in [0.29, 0.717) is 17.7 Å². The maximum atomic E-state index is 12.3. The van der Waals surface area contributed by atoms with Crippen LogP contribution in [-0.2, 0) is 11.3 Å². The zero-order chi connectivity index (χ0) is 17.4. The van der Waals surface area contributed by atoms with Crippen molar-refractivity contribution in [2.24, 2.45) is 0 Å². The standard InChI is InChI=1S/C19H20N2O3/c1-21(19(23)17-9-7-15(11-20)8-10-17)12-18(22)14-24-13-16-5-3-2-4-6-16/h2-10,18,22H,12-14H2,1H3. The van der Waals surface area contributed by atoms with Crippen molar-refractivity contribution >= 4 is 5.91 Å². The molecule has 24 heavy (non-hydrogen) atoms. The molecule has 0 bridgehead atoms. The van der Waals surface area contributed by atoms with Gasteiger partial charge in [-0.2, -0.15) is 5.26 Å². The maximum absolute atomic E-state index is 12.3. The zero-order valence-corrected chi connectivity index (χ0v) is 13.6. The third-order valence-electron chi connectivity index (χ3n) is 3.51. The summed E-state index contributed by atoms with van der Waals surface area (Å²) in [5.41, 5.74) is 2.02. The lowest BCUT2D eigenvalue weighted by molar-refractivity contribution is 0.0137. The van der Waals surface area contributed by atoms with Gasteiger partial charge in [0.1, 0.15) is 0 Å². The second-order valence-corrected chi connectivity index (χ2v) is 5.53. The monoisotopic (exact) mass is 324 g/mol. The summed E-state index contributed by atoms with van der Waals surface area (Å²) in [4.78, 5) is 13.7. The van der Waals surface area contributed by atoms with Gasteiger partial charge < -0.3 is 14.7 Å². The van der Waals surface area contributed by atoms with Crippen molar-refractivity contribution in [3.05, 3.63) is 71.3 Å². The van der Waals surface area contributed by atoms with Gasteiger partial charge >= 0.3 is 0 Å². The molecule has 0 spiro atoms. The van der Waals surface area contributed by atoms with E-state index in [4.69, 9.17) is 10.00 Å². The molecule has 5 heteroatoms. The summed E-state index contributed by atoms with van der Waals surface area (Å²) in [6.45, 7) is 0.749. The highest BCUT2D eigenvalue weighted by molar-refractivity contribution is 5.94. The number of carbonyl (C=O) groups is 1. The third kappa shape index (κ3) is 5.20. The first-order valence-electron chi connectivity index (χ1n) is 7.65. The number of carbonyl (C=O) groups excluding carboxylic acids is 1. The van der Waals surface area contributed by atoms with Crippen molar-refractivity contribution in [1.29, 1.82) is 5.26 Å². The van der Waals surface area contributed by atoms with E-state index < -0.39 is 6.10 Å². The van der Waals surface area contributed by atoms with Gasteiger partial charge in [0.15, 0.2) is 0 Å². The predicted octanol–water partition coefficient (Wildman–Crippen LogP) is 2.21. The quantitative estimate of drug-likeness (QED) is 0.847. The Bertz CT molecular complexity index is 693. The number of ether oxygens (including phenoxy) is 1. The Kier molecular flexibility index (Phi) is 6.50. The molecule has 0 aromatic heterocycles. The highest BCUT2D eigenvalue weighted by atomic mass is 16.5. The van der Waals surface area contributed by atoms with E-state index in [-0.39, 0.29) is 19.1 Å². The summed E-state index contributed by atoms with van der Waals surface area (Å²) in [6.07, 6.45) is -0.763. The van der Waals surface area contributed by atoms with Crippen LogP contribution in [0.4, 0.5) is 0 Å². The minimum Gasteiger partial charge on any atom is -0.389 e. The van der Waals surface area contributed by atoms with Crippen LogP contribution < -0.4 is 0 Å². The van der Waals surface area contributed by atoms with Crippen LogP contribution in [-0.4, -0.2) is 42.2 Å². The number of nitrogens with zero attached hydrogens (tertiary/aromatic N) is 2. The molecule has 5 nitrogen and oxygen atoms in total. The first kappa shape index (κ1) is 17.7. The Hall–Kier alpha value is -2.68. The number of rotatable bonds is 7. The van der Waals surface area contributed by atoms with Crippen LogP contribution in [0.2, 0.25) is 0 Å². The Morgan fingerprint density at radius 2 is 1.88 bits per heavy atom. The van der Waals surface area contributed by atoms with Crippen LogP contribution in [0.25, 0.3) is 0 Å². The molecule has 124 valence electrons. The zero-order valence-electron chi connectivity index (χ0n) is 13.6. The normalized spacial score (nSPS) is 11.5. The summed E-state index contributed by atoms with van der Waals surface area (Å²) in [5, 5.41) is 18.8. The van der Waals surface area contributed by atoms with Gasteiger partial charge in [0, 0.05) is 19.2 Å². The number of likely N-dealkylation sites (N-methyl/N-ethyl adjacent to an activating group) is 1. The molecule has 2 rings (SSSR count). The van der Waals surface area contributed by atoms with Crippen LogP contribution in [0.5, 0.6) is 0 Å². The van der Waals surface area contributed by atoms with E-state index in [0.717, 1.165) is 5.56 Å². The first-order valence-corrected chi connectivity index (χ1v) is 7.65. The van der Waals surface area contributed by atoms with Crippen LogP contribution in [0.1, 0.15) is 21.5 Å². The molecular weight excluding hydrogens is 304 g/mol. The van der Waals surface area contributed by atoms with Gasteiger partial charge in [-0.25, -0.2) is 0 Å². The molecular formula is C19H20N2O3. The fourth-order valence-electron chi connectivity index (χ4n) is 2.25. The number of aliphatic hydroxyl groups excluding tert-OH is 1. The Labute approximate surface area is 141 Å². The number of aliphatic hydroxyl groups is 1. The van der Waals surface area contributed by atoms with Gasteiger partial charge in [0.05, 0.1) is 31.0 Å². The number of benzene rings is 2. The average Bonchev–Trinajstić information content (AvgIpc) is 2.62. The molecule has 0 aliphatic heterocycles.